The number of rotatable bonds is 5. The first-order chi connectivity index (χ1) is 11.6. The van der Waals surface area contributed by atoms with E-state index >= 15 is 0 Å². The maximum Gasteiger partial charge on any atom is 0.277 e. The van der Waals surface area contributed by atoms with Gasteiger partial charge in [-0.25, -0.2) is 4.39 Å². The highest BCUT2D eigenvalue weighted by Gasteiger charge is 2.21. The highest BCUT2D eigenvalue weighted by Crippen LogP contribution is 2.21. The molecule has 0 aliphatic carbocycles. The average Bonchev–Trinajstić information content (AvgIpc) is 3.00. The number of piperidine rings is 1. The molecule has 0 unspecified atom stereocenters. The van der Waals surface area contributed by atoms with Crippen LogP contribution in [0.2, 0.25) is 0 Å². The highest BCUT2D eigenvalue weighted by molar-refractivity contribution is 7.99. The lowest BCUT2D eigenvalue weighted by molar-refractivity contribution is -0.130. The maximum atomic E-state index is 13.2. The predicted molar refractivity (Wildman–Crippen MR) is 89.2 cm³/mol. The standard InChI is InChI=1S/C17H20FN3O2S/c1-12-4-3-7-21(10-12)16(22)11-24-17-20-19-15(23-17)9-13-5-2-6-14(18)8-13/h2,5-6,8,12H,3-4,7,9-11H2,1H3/t12-/m0/s1. The number of thioether (sulfide) groups is 1. The van der Waals surface area contributed by atoms with Crippen LogP contribution in [-0.2, 0) is 11.2 Å². The third-order valence-electron chi connectivity index (χ3n) is 4.02. The summed E-state index contributed by atoms with van der Waals surface area (Å²) in [4.78, 5) is 14.1. The molecule has 1 fully saturated rings. The van der Waals surface area contributed by atoms with Gasteiger partial charge in [-0.15, -0.1) is 10.2 Å². The van der Waals surface area contributed by atoms with Crippen molar-refractivity contribution in [2.45, 2.75) is 31.4 Å². The second kappa shape index (κ2) is 7.79. The van der Waals surface area contributed by atoms with Crippen LogP contribution in [0.3, 0.4) is 0 Å². The summed E-state index contributed by atoms with van der Waals surface area (Å²) in [6.45, 7) is 3.83. The van der Waals surface area contributed by atoms with E-state index in [4.69, 9.17) is 4.42 Å². The van der Waals surface area contributed by atoms with E-state index in [0.717, 1.165) is 25.1 Å². The molecule has 1 aliphatic rings. The van der Waals surface area contributed by atoms with Gasteiger partial charge in [-0.05, 0) is 36.5 Å². The first-order valence-corrected chi connectivity index (χ1v) is 9.06. The summed E-state index contributed by atoms with van der Waals surface area (Å²) in [6.07, 6.45) is 2.63. The SMILES string of the molecule is C[C@H]1CCCN(C(=O)CSc2nnc(Cc3cccc(F)c3)o2)C1. The van der Waals surface area contributed by atoms with Gasteiger partial charge < -0.3 is 9.32 Å². The van der Waals surface area contributed by atoms with Crippen molar-refractivity contribution >= 4 is 17.7 Å². The summed E-state index contributed by atoms with van der Waals surface area (Å²) in [5.74, 6) is 1.10. The Kier molecular flexibility index (Phi) is 5.50. The van der Waals surface area contributed by atoms with E-state index in [1.165, 1.54) is 30.3 Å². The molecule has 1 aromatic carbocycles. The van der Waals surface area contributed by atoms with Crippen LogP contribution < -0.4 is 0 Å². The fraction of sp³-hybridized carbons (Fsp3) is 0.471. The second-order valence-corrected chi connectivity index (χ2v) is 7.07. The number of carbonyl (C=O) groups excluding carboxylic acids is 1. The summed E-state index contributed by atoms with van der Waals surface area (Å²) in [7, 11) is 0. The minimum atomic E-state index is -0.289. The summed E-state index contributed by atoms with van der Waals surface area (Å²) < 4.78 is 18.7. The van der Waals surface area contributed by atoms with Crippen molar-refractivity contribution in [3.8, 4) is 0 Å². The third-order valence-corrected chi connectivity index (χ3v) is 4.82. The molecule has 0 N–H and O–H groups in total. The number of likely N-dealkylation sites (tertiary alicyclic amines) is 1. The summed E-state index contributed by atoms with van der Waals surface area (Å²) >= 11 is 1.25. The van der Waals surface area contributed by atoms with Crippen LogP contribution in [0.1, 0.15) is 31.2 Å². The van der Waals surface area contributed by atoms with Crippen molar-refractivity contribution < 1.29 is 13.6 Å². The van der Waals surface area contributed by atoms with E-state index in [0.29, 0.717) is 29.2 Å². The van der Waals surface area contributed by atoms with Crippen molar-refractivity contribution in [1.29, 1.82) is 0 Å². The lowest BCUT2D eigenvalue weighted by atomic mass is 10.0. The maximum absolute atomic E-state index is 13.2. The average molecular weight is 349 g/mol. The number of aromatic nitrogens is 2. The van der Waals surface area contributed by atoms with Crippen LogP contribution in [0, 0.1) is 11.7 Å². The van der Waals surface area contributed by atoms with E-state index in [2.05, 4.69) is 17.1 Å². The number of hydrogen-bond acceptors (Lipinski definition) is 5. The van der Waals surface area contributed by atoms with Gasteiger partial charge in [-0.2, -0.15) is 0 Å². The number of hydrogen-bond donors (Lipinski definition) is 0. The zero-order chi connectivity index (χ0) is 16.9. The fourth-order valence-electron chi connectivity index (χ4n) is 2.82. The lowest BCUT2D eigenvalue weighted by Gasteiger charge is -2.30. The van der Waals surface area contributed by atoms with Crippen molar-refractivity contribution in [1.82, 2.24) is 15.1 Å². The number of nitrogens with zero attached hydrogens (tertiary/aromatic N) is 3. The van der Waals surface area contributed by atoms with E-state index < -0.39 is 0 Å². The Morgan fingerprint density at radius 3 is 3.12 bits per heavy atom. The van der Waals surface area contributed by atoms with Gasteiger partial charge in [0.05, 0.1) is 12.2 Å². The number of amides is 1. The molecule has 1 atom stereocenters. The quantitative estimate of drug-likeness (QED) is 0.776. The van der Waals surface area contributed by atoms with Crippen LogP contribution in [-0.4, -0.2) is 39.8 Å². The molecule has 1 amide bonds. The molecule has 7 heteroatoms. The molecular weight excluding hydrogens is 329 g/mol. The molecule has 2 heterocycles. The van der Waals surface area contributed by atoms with Crippen LogP contribution in [0.15, 0.2) is 33.9 Å². The summed E-state index contributed by atoms with van der Waals surface area (Å²) in [5, 5.41) is 8.28. The molecule has 0 radical (unpaired) electrons. The van der Waals surface area contributed by atoms with Gasteiger partial charge in [0.2, 0.25) is 11.8 Å². The van der Waals surface area contributed by atoms with Crippen molar-refractivity contribution in [2.24, 2.45) is 5.92 Å². The van der Waals surface area contributed by atoms with Gasteiger partial charge >= 0.3 is 0 Å². The molecular formula is C17H20FN3O2S. The van der Waals surface area contributed by atoms with E-state index in [9.17, 15) is 9.18 Å². The van der Waals surface area contributed by atoms with Gasteiger partial charge in [0, 0.05) is 13.1 Å². The van der Waals surface area contributed by atoms with Gasteiger partial charge in [0.1, 0.15) is 5.82 Å². The minimum absolute atomic E-state index is 0.108. The molecule has 2 aromatic rings. The molecule has 1 saturated heterocycles. The van der Waals surface area contributed by atoms with Crippen LogP contribution in [0.5, 0.6) is 0 Å². The normalized spacial score (nSPS) is 17.9. The minimum Gasteiger partial charge on any atom is -0.416 e. The molecule has 1 aliphatic heterocycles. The zero-order valence-electron chi connectivity index (χ0n) is 13.6. The molecule has 128 valence electrons. The van der Waals surface area contributed by atoms with Gasteiger partial charge in [-0.3, -0.25) is 4.79 Å². The largest absolute Gasteiger partial charge is 0.416 e. The molecule has 5 nitrogen and oxygen atoms in total. The molecule has 0 bridgehead atoms. The van der Waals surface area contributed by atoms with Crippen LogP contribution >= 0.6 is 11.8 Å². The zero-order valence-corrected chi connectivity index (χ0v) is 14.4. The van der Waals surface area contributed by atoms with Gasteiger partial charge in [0.25, 0.3) is 5.22 Å². The number of halogens is 1. The Labute approximate surface area is 144 Å². The number of benzene rings is 1. The highest BCUT2D eigenvalue weighted by atomic mass is 32.2. The number of carbonyl (C=O) groups is 1. The van der Waals surface area contributed by atoms with E-state index in [-0.39, 0.29) is 11.7 Å². The smallest absolute Gasteiger partial charge is 0.277 e. The van der Waals surface area contributed by atoms with Gasteiger partial charge in [-0.1, -0.05) is 30.8 Å². The first-order valence-electron chi connectivity index (χ1n) is 8.07. The second-order valence-electron chi connectivity index (χ2n) is 6.14. The van der Waals surface area contributed by atoms with Crippen molar-refractivity contribution in [2.75, 3.05) is 18.8 Å². The van der Waals surface area contributed by atoms with E-state index in [1.54, 1.807) is 12.1 Å². The first kappa shape index (κ1) is 17.0. The van der Waals surface area contributed by atoms with Crippen LogP contribution in [0.25, 0.3) is 0 Å². The Hall–Kier alpha value is -1.89. The third kappa shape index (κ3) is 4.56. The molecule has 24 heavy (non-hydrogen) atoms. The van der Waals surface area contributed by atoms with Gasteiger partial charge in [0.15, 0.2) is 0 Å². The Balaban J connectivity index is 1.51. The monoisotopic (exact) mass is 349 g/mol. The Morgan fingerprint density at radius 2 is 2.33 bits per heavy atom. The molecule has 3 rings (SSSR count). The fourth-order valence-corrected chi connectivity index (χ4v) is 3.50. The van der Waals surface area contributed by atoms with E-state index in [1.807, 2.05) is 4.90 Å². The lowest BCUT2D eigenvalue weighted by Crippen LogP contribution is -2.40. The molecule has 0 saturated carbocycles. The summed E-state index contributed by atoms with van der Waals surface area (Å²) in [5.41, 5.74) is 0.772. The summed E-state index contributed by atoms with van der Waals surface area (Å²) in [6, 6.07) is 6.29. The van der Waals surface area contributed by atoms with Crippen LogP contribution in [0.4, 0.5) is 4.39 Å². The molecule has 0 spiro atoms. The van der Waals surface area contributed by atoms with Crippen molar-refractivity contribution in [3.63, 3.8) is 0 Å². The Bertz CT molecular complexity index is 707. The predicted octanol–water partition coefficient (Wildman–Crippen LogP) is 3.15. The molecule has 1 aromatic heterocycles. The van der Waals surface area contributed by atoms with Crippen molar-refractivity contribution in [3.05, 3.63) is 41.5 Å². The Morgan fingerprint density at radius 1 is 1.46 bits per heavy atom. The topological polar surface area (TPSA) is 59.2 Å².